The van der Waals surface area contributed by atoms with Crippen LogP contribution in [0.4, 0.5) is 0 Å². The van der Waals surface area contributed by atoms with E-state index >= 15 is 0 Å². The number of amides is 3. The molecule has 1 fully saturated rings. The molecule has 1 aliphatic rings. The molecule has 1 aromatic heterocycles. The number of carbonyl (C=O) groups excluding carboxylic acids is 3. The van der Waals surface area contributed by atoms with Gasteiger partial charge >= 0.3 is 11.9 Å². The van der Waals surface area contributed by atoms with Crippen LogP contribution in [0.5, 0.6) is 0 Å². The van der Waals surface area contributed by atoms with E-state index in [1.165, 1.54) is 4.90 Å². The predicted molar refractivity (Wildman–Crippen MR) is 130 cm³/mol. The van der Waals surface area contributed by atoms with Gasteiger partial charge in [-0.15, -0.1) is 0 Å². The molecule has 1 aliphatic heterocycles. The molecule has 13 heteroatoms. The number of hydrogen-bond acceptors (Lipinski definition) is 7. The molecule has 200 valence electrons. The Morgan fingerprint density at radius 3 is 2.46 bits per heavy atom. The average Bonchev–Trinajstić information content (AvgIpc) is 3.52. The second kappa shape index (κ2) is 12.3. The van der Waals surface area contributed by atoms with Crippen LogP contribution in [0.2, 0.25) is 0 Å². The first-order valence-corrected chi connectivity index (χ1v) is 11.9. The number of H-pyrrole nitrogens is 1. The number of aliphatic hydroxyl groups is 1. The van der Waals surface area contributed by atoms with Gasteiger partial charge in [0, 0.05) is 36.5 Å². The molecule has 8 N–H and O–H groups in total. The summed E-state index contributed by atoms with van der Waals surface area (Å²) >= 11 is 0. The molecule has 1 saturated heterocycles. The second-order valence-electron chi connectivity index (χ2n) is 8.94. The molecule has 0 aliphatic carbocycles. The lowest BCUT2D eigenvalue weighted by atomic mass is 10.0. The van der Waals surface area contributed by atoms with Crippen LogP contribution in [0, 0.1) is 0 Å². The Labute approximate surface area is 212 Å². The van der Waals surface area contributed by atoms with E-state index in [2.05, 4.69) is 15.6 Å². The third-order valence-electron chi connectivity index (χ3n) is 6.35. The Bertz CT molecular complexity index is 1160. The number of nitrogens with two attached hydrogens (primary N) is 1. The Morgan fingerprint density at radius 1 is 1.08 bits per heavy atom. The van der Waals surface area contributed by atoms with Crippen LogP contribution < -0.4 is 16.4 Å². The second-order valence-corrected chi connectivity index (χ2v) is 8.94. The third kappa shape index (κ3) is 6.83. The average molecular weight is 518 g/mol. The Kier molecular flexibility index (Phi) is 9.20. The van der Waals surface area contributed by atoms with Gasteiger partial charge < -0.3 is 41.6 Å². The van der Waals surface area contributed by atoms with Crippen LogP contribution in [0.3, 0.4) is 0 Å². The molecular formula is C24H31N5O8. The summed E-state index contributed by atoms with van der Waals surface area (Å²) in [5.41, 5.74) is 7.02. The number of aromatic amines is 1. The predicted octanol–water partition coefficient (Wildman–Crippen LogP) is -1.06. The summed E-state index contributed by atoms with van der Waals surface area (Å²) in [5.74, 6) is -4.64. The zero-order valence-electron chi connectivity index (χ0n) is 20.1. The molecule has 37 heavy (non-hydrogen) atoms. The number of aromatic nitrogens is 1. The number of hydrogen-bond donors (Lipinski definition) is 7. The fourth-order valence-electron chi connectivity index (χ4n) is 4.38. The number of likely N-dealkylation sites (tertiary alicyclic amines) is 1. The summed E-state index contributed by atoms with van der Waals surface area (Å²) in [6.07, 6.45) is 1.74. The number of carboxylic acids is 2. The molecule has 0 spiro atoms. The number of aliphatic carboxylic acids is 2. The Balaban J connectivity index is 1.88. The maximum Gasteiger partial charge on any atom is 0.326 e. The number of nitrogens with zero attached hydrogens (tertiary/aromatic N) is 1. The van der Waals surface area contributed by atoms with Crippen LogP contribution in [0.15, 0.2) is 30.5 Å². The summed E-state index contributed by atoms with van der Waals surface area (Å²) in [7, 11) is 0. The van der Waals surface area contributed by atoms with Crippen LogP contribution >= 0.6 is 0 Å². The maximum atomic E-state index is 13.5. The number of para-hydroxylation sites is 1. The summed E-state index contributed by atoms with van der Waals surface area (Å²) < 4.78 is 0. The highest BCUT2D eigenvalue weighted by Gasteiger charge is 2.38. The molecule has 2 aromatic rings. The minimum atomic E-state index is -1.35. The van der Waals surface area contributed by atoms with Gasteiger partial charge in [-0.05, 0) is 30.9 Å². The first-order chi connectivity index (χ1) is 17.6. The van der Waals surface area contributed by atoms with Crippen LogP contribution in [-0.2, 0) is 30.4 Å². The van der Waals surface area contributed by atoms with E-state index in [1.54, 1.807) is 6.20 Å². The van der Waals surface area contributed by atoms with Crippen molar-refractivity contribution in [3.8, 4) is 0 Å². The molecule has 4 atom stereocenters. The SMILES string of the molecule is NC(CO)C(=O)NC(CCC(=O)O)C(=O)NC(Cc1c[nH]c2ccccc12)C(=O)N1CCCC1C(=O)O. The highest BCUT2D eigenvalue weighted by molar-refractivity contribution is 5.95. The number of carboxylic acid groups (broad SMARTS) is 2. The molecule has 1 aromatic carbocycles. The molecule has 13 nitrogen and oxygen atoms in total. The highest BCUT2D eigenvalue weighted by atomic mass is 16.4. The van der Waals surface area contributed by atoms with Gasteiger partial charge in [0.05, 0.1) is 6.61 Å². The maximum absolute atomic E-state index is 13.5. The van der Waals surface area contributed by atoms with Gasteiger partial charge in [-0.25, -0.2) is 4.79 Å². The molecule has 3 amide bonds. The van der Waals surface area contributed by atoms with Gasteiger partial charge in [0.15, 0.2) is 0 Å². The van der Waals surface area contributed by atoms with Gasteiger partial charge in [0.2, 0.25) is 17.7 Å². The fraction of sp³-hybridized carbons (Fsp3) is 0.458. The molecule has 0 radical (unpaired) electrons. The van der Waals surface area contributed by atoms with Crippen LogP contribution in [-0.4, -0.2) is 92.2 Å². The zero-order chi connectivity index (χ0) is 27.1. The van der Waals surface area contributed by atoms with Gasteiger partial charge in [-0.3, -0.25) is 19.2 Å². The molecule has 0 bridgehead atoms. The number of aliphatic hydroxyl groups excluding tert-OH is 1. The van der Waals surface area contributed by atoms with Crippen molar-refractivity contribution in [3.63, 3.8) is 0 Å². The summed E-state index contributed by atoms with van der Waals surface area (Å²) in [5, 5.41) is 33.5. The number of benzene rings is 1. The highest BCUT2D eigenvalue weighted by Crippen LogP contribution is 2.23. The van der Waals surface area contributed by atoms with Gasteiger partial charge in [0.25, 0.3) is 0 Å². The Morgan fingerprint density at radius 2 is 1.78 bits per heavy atom. The number of carbonyl (C=O) groups is 5. The van der Waals surface area contributed by atoms with Crippen molar-refractivity contribution in [1.29, 1.82) is 0 Å². The van der Waals surface area contributed by atoms with Gasteiger partial charge in [-0.1, -0.05) is 18.2 Å². The van der Waals surface area contributed by atoms with Crippen molar-refractivity contribution in [2.45, 2.75) is 56.3 Å². The lowest BCUT2D eigenvalue weighted by Gasteiger charge is -2.29. The number of rotatable bonds is 12. The van der Waals surface area contributed by atoms with Crippen molar-refractivity contribution in [2.24, 2.45) is 5.73 Å². The standard InChI is InChI=1S/C24H31N5O8/c25-15(12-30)21(33)27-17(7-8-20(31)32)22(34)28-18(23(35)29-9-3-6-19(29)24(36)37)10-13-11-26-16-5-2-1-4-14(13)16/h1-2,4-5,11,15,17-19,26,30H,3,6-10,12,25H2,(H,27,33)(H,28,34)(H,31,32)(H,36,37). The largest absolute Gasteiger partial charge is 0.481 e. The summed E-state index contributed by atoms with van der Waals surface area (Å²) in [6.45, 7) is -0.479. The van der Waals surface area contributed by atoms with Crippen molar-refractivity contribution < 1.29 is 39.3 Å². The minimum Gasteiger partial charge on any atom is -0.481 e. The number of fused-ring (bicyclic) bond motifs is 1. The molecule has 0 saturated carbocycles. The topological polar surface area (TPSA) is 215 Å². The quantitative estimate of drug-likeness (QED) is 0.182. The molecular weight excluding hydrogens is 486 g/mol. The monoisotopic (exact) mass is 517 g/mol. The first-order valence-electron chi connectivity index (χ1n) is 11.9. The van der Waals surface area contributed by atoms with E-state index in [0.29, 0.717) is 12.0 Å². The van der Waals surface area contributed by atoms with Gasteiger partial charge in [-0.2, -0.15) is 0 Å². The van der Waals surface area contributed by atoms with E-state index in [-0.39, 0.29) is 25.8 Å². The fourth-order valence-corrected chi connectivity index (χ4v) is 4.38. The minimum absolute atomic E-state index is 0.0210. The molecule has 2 heterocycles. The zero-order valence-corrected chi connectivity index (χ0v) is 20.1. The van der Waals surface area contributed by atoms with E-state index in [0.717, 1.165) is 10.9 Å². The van der Waals surface area contributed by atoms with E-state index in [1.807, 2.05) is 24.3 Å². The summed E-state index contributed by atoms with van der Waals surface area (Å²) in [6, 6.07) is 2.43. The van der Waals surface area contributed by atoms with Crippen molar-refractivity contribution >= 4 is 40.6 Å². The Hall–Kier alpha value is -3.97. The lowest BCUT2D eigenvalue weighted by molar-refractivity contribution is -0.149. The van der Waals surface area contributed by atoms with Crippen LogP contribution in [0.1, 0.15) is 31.2 Å². The van der Waals surface area contributed by atoms with E-state index in [4.69, 9.17) is 15.9 Å². The molecule has 3 rings (SSSR count). The number of nitrogens with one attached hydrogen (secondary N) is 3. The first kappa shape index (κ1) is 27.6. The van der Waals surface area contributed by atoms with Gasteiger partial charge in [0.1, 0.15) is 24.2 Å². The van der Waals surface area contributed by atoms with E-state index < -0.39 is 66.9 Å². The normalized spacial score (nSPS) is 17.7. The van der Waals surface area contributed by atoms with Crippen molar-refractivity contribution in [3.05, 3.63) is 36.0 Å². The smallest absolute Gasteiger partial charge is 0.326 e. The van der Waals surface area contributed by atoms with Crippen LogP contribution in [0.25, 0.3) is 10.9 Å². The lowest BCUT2D eigenvalue weighted by Crippen LogP contribution is -2.58. The van der Waals surface area contributed by atoms with Crippen molar-refractivity contribution in [2.75, 3.05) is 13.2 Å². The van der Waals surface area contributed by atoms with E-state index in [9.17, 15) is 29.1 Å². The van der Waals surface area contributed by atoms with Crippen molar-refractivity contribution in [1.82, 2.24) is 20.5 Å². The third-order valence-corrected chi connectivity index (χ3v) is 6.35. The summed E-state index contributed by atoms with van der Waals surface area (Å²) in [4.78, 5) is 66.1. The molecule has 4 unspecified atom stereocenters.